The third-order valence-corrected chi connectivity index (χ3v) is 5.59. The largest absolute Gasteiger partial charge is 0.399 e. The van der Waals surface area contributed by atoms with E-state index in [9.17, 15) is 9.59 Å². The number of carbonyl (C=O) groups is 2. The number of hydrogen-bond acceptors (Lipinski definition) is 6. The van der Waals surface area contributed by atoms with Crippen LogP contribution in [0.2, 0.25) is 0 Å². The summed E-state index contributed by atoms with van der Waals surface area (Å²) in [4.78, 5) is 30.2. The minimum Gasteiger partial charge on any atom is -0.399 e. The van der Waals surface area contributed by atoms with Gasteiger partial charge in [0.15, 0.2) is 15.7 Å². The fourth-order valence-corrected chi connectivity index (χ4v) is 3.78. The maximum Gasteiger partial charge on any atom is 0.281 e. The molecule has 4 aromatic rings. The fourth-order valence-electron chi connectivity index (χ4n) is 2.98. The number of hydrogen-bond donors (Lipinski definition) is 4. The Kier molecular flexibility index (Phi) is 4.96. The molecule has 152 valence electrons. The van der Waals surface area contributed by atoms with Gasteiger partial charge in [-0.15, -0.1) is 0 Å². The molecule has 30 heavy (non-hydrogen) atoms. The zero-order valence-electron chi connectivity index (χ0n) is 16.4. The fraction of sp³-hybridized carbons (Fsp3) is 0.143. The number of aromatic amines is 1. The number of carbonyl (C=O) groups excluding carboxylic acids is 2. The van der Waals surface area contributed by atoms with Crippen LogP contribution in [0.15, 0.2) is 54.6 Å². The molecule has 0 spiro atoms. The maximum atomic E-state index is 12.8. The number of H-pyrrole nitrogens is 1. The molecule has 2 amide bonds. The Morgan fingerprint density at radius 2 is 1.73 bits per heavy atom. The van der Waals surface area contributed by atoms with E-state index in [2.05, 4.69) is 25.8 Å². The third kappa shape index (κ3) is 3.87. The van der Waals surface area contributed by atoms with E-state index >= 15 is 0 Å². The van der Waals surface area contributed by atoms with Crippen LogP contribution in [0.25, 0.3) is 10.3 Å². The van der Waals surface area contributed by atoms with Crippen molar-refractivity contribution in [1.29, 1.82) is 0 Å². The van der Waals surface area contributed by atoms with Crippen LogP contribution in [0.1, 0.15) is 39.6 Å². The SMILES string of the molecule is CC(C)(NC(=O)c1nc2c(NC(=O)c3ccc(N)cc3)[nH]nc2s1)c1ccccc1. The van der Waals surface area contributed by atoms with Gasteiger partial charge in [-0.3, -0.25) is 14.7 Å². The van der Waals surface area contributed by atoms with E-state index in [0.29, 0.717) is 27.4 Å². The van der Waals surface area contributed by atoms with Gasteiger partial charge in [0.05, 0.1) is 5.54 Å². The minimum atomic E-state index is -0.570. The van der Waals surface area contributed by atoms with Crippen LogP contribution in [0, 0.1) is 0 Å². The number of aromatic nitrogens is 3. The topological polar surface area (TPSA) is 126 Å². The molecule has 4 rings (SSSR count). The number of nitrogens with zero attached hydrogens (tertiary/aromatic N) is 2. The molecule has 0 bridgehead atoms. The molecular formula is C21H20N6O2S. The predicted octanol–water partition coefficient (Wildman–Crippen LogP) is 3.52. The van der Waals surface area contributed by atoms with E-state index in [4.69, 9.17) is 5.73 Å². The van der Waals surface area contributed by atoms with Crippen molar-refractivity contribution in [3.05, 3.63) is 70.7 Å². The van der Waals surface area contributed by atoms with Gasteiger partial charge in [-0.25, -0.2) is 4.98 Å². The van der Waals surface area contributed by atoms with Gasteiger partial charge >= 0.3 is 0 Å². The number of fused-ring (bicyclic) bond motifs is 1. The Morgan fingerprint density at radius 3 is 2.43 bits per heavy atom. The number of anilines is 2. The van der Waals surface area contributed by atoms with Crippen molar-refractivity contribution in [3.8, 4) is 0 Å². The molecule has 5 N–H and O–H groups in total. The quantitative estimate of drug-likeness (QED) is 0.368. The Bertz CT molecular complexity index is 1210. The first-order valence-electron chi connectivity index (χ1n) is 9.23. The van der Waals surface area contributed by atoms with Crippen molar-refractivity contribution in [2.75, 3.05) is 11.1 Å². The summed E-state index contributed by atoms with van der Waals surface area (Å²) in [5.74, 6) is -0.295. The summed E-state index contributed by atoms with van der Waals surface area (Å²) in [6.45, 7) is 3.86. The van der Waals surface area contributed by atoms with Crippen molar-refractivity contribution < 1.29 is 9.59 Å². The van der Waals surface area contributed by atoms with E-state index in [-0.39, 0.29) is 16.8 Å². The Hall–Kier alpha value is -3.72. The number of amides is 2. The number of rotatable bonds is 5. The highest BCUT2D eigenvalue weighted by atomic mass is 32.1. The lowest BCUT2D eigenvalue weighted by Gasteiger charge is -2.26. The highest BCUT2D eigenvalue weighted by molar-refractivity contribution is 7.20. The summed E-state index contributed by atoms with van der Waals surface area (Å²) in [5, 5.41) is 12.9. The van der Waals surface area contributed by atoms with E-state index in [1.807, 2.05) is 44.2 Å². The molecule has 0 atom stereocenters. The molecule has 0 fully saturated rings. The van der Waals surface area contributed by atoms with Gasteiger partial charge in [0.2, 0.25) is 0 Å². The minimum absolute atomic E-state index is 0.272. The van der Waals surface area contributed by atoms with E-state index in [1.54, 1.807) is 24.3 Å². The summed E-state index contributed by atoms with van der Waals surface area (Å²) >= 11 is 1.15. The first kappa shape index (κ1) is 19.6. The molecule has 0 saturated carbocycles. The second kappa shape index (κ2) is 7.60. The smallest absolute Gasteiger partial charge is 0.281 e. The van der Waals surface area contributed by atoms with Crippen LogP contribution in [0.5, 0.6) is 0 Å². The number of nitrogen functional groups attached to an aromatic ring is 1. The summed E-state index contributed by atoms with van der Waals surface area (Å²) < 4.78 is 0. The molecule has 0 unspecified atom stereocenters. The second-order valence-corrected chi connectivity index (χ2v) is 8.27. The van der Waals surface area contributed by atoms with Gasteiger partial charge in [-0.05, 0) is 43.7 Å². The summed E-state index contributed by atoms with van der Waals surface area (Å²) in [6, 6.07) is 16.3. The second-order valence-electron chi connectivity index (χ2n) is 7.29. The Morgan fingerprint density at radius 1 is 1.03 bits per heavy atom. The molecule has 0 aliphatic heterocycles. The molecule has 0 aliphatic carbocycles. The molecule has 0 radical (unpaired) electrons. The standard InChI is InChI=1S/C21H20N6O2S/c1-21(2,13-6-4-3-5-7-13)25-18(29)20-23-15-16(26-27-19(15)30-20)24-17(28)12-8-10-14(22)11-9-12/h3-11H,22H2,1-2H3,(H,25,29)(H2,24,26,27,28). The van der Waals surface area contributed by atoms with Crippen LogP contribution in [-0.4, -0.2) is 27.0 Å². The van der Waals surface area contributed by atoms with Crippen molar-refractivity contribution in [2.45, 2.75) is 19.4 Å². The summed E-state index contributed by atoms with van der Waals surface area (Å²) in [5.41, 5.74) is 7.53. The van der Waals surface area contributed by atoms with Gasteiger partial charge in [-0.1, -0.05) is 41.7 Å². The number of nitrogens with one attached hydrogen (secondary N) is 3. The van der Waals surface area contributed by atoms with Crippen molar-refractivity contribution in [1.82, 2.24) is 20.5 Å². The van der Waals surface area contributed by atoms with Crippen LogP contribution in [-0.2, 0) is 5.54 Å². The molecule has 0 saturated heterocycles. The average Bonchev–Trinajstić information content (AvgIpc) is 3.31. The first-order valence-corrected chi connectivity index (χ1v) is 10.0. The van der Waals surface area contributed by atoms with Crippen molar-refractivity contribution in [2.24, 2.45) is 0 Å². The van der Waals surface area contributed by atoms with E-state index in [0.717, 1.165) is 16.9 Å². The number of thiazole rings is 1. The molecule has 2 heterocycles. The molecule has 2 aromatic heterocycles. The van der Waals surface area contributed by atoms with Gasteiger partial charge in [0.25, 0.3) is 11.8 Å². The lowest BCUT2D eigenvalue weighted by molar-refractivity contribution is 0.0911. The summed E-state index contributed by atoms with van der Waals surface area (Å²) in [6.07, 6.45) is 0. The zero-order chi connectivity index (χ0) is 21.3. The van der Waals surface area contributed by atoms with Crippen LogP contribution >= 0.6 is 11.3 Å². The molecular weight excluding hydrogens is 400 g/mol. The zero-order valence-corrected chi connectivity index (χ0v) is 17.2. The molecule has 8 nitrogen and oxygen atoms in total. The highest BCUT2D eigenvalue weighted by Gasteiger charge is 2.26. The maximum absolute atomic E-state index is 12.8. The van der Waals surface area contributed by atoms with Crippen LogP contribution in [0.3, 0.4) is 0 Å². The van der Waals surface area contributed by atoms with Crippen molar-refractivity contribution >= 4 is 45.0 Å². The Labute approximate surface area is 176 Å². The van der Waals surface area contributed by atoms with Gasteiger partial charge in [0.1, 0.15) is 5.52 Å². The van der Waals surface area contributed by atoms with Crippen LogP contribution in [0.4, 0.5) is 11.5 Å². The van der Waals surface area contributed by atoms with Gasteiger partial charge in [-0.2, -0.15) is 5.10 Å². The molecule has 2 aromatic carbocycles. The summed E-state index contributed by atoms with van der Waals surface area (Å²) in [7, 11) is 0. The van der Waals surface area contributed by atoms with E-state index < -0.39 is 5.54 Å². The predicted molar refractivity (Wildman–Crippen MR) is 118 cm³/mol. The monoisotopic (exact) mass is 420 g/mol. The third-order valence-electron chi connectivity index (χ3n) is 4.64. The van der Waals surface area contributed by atoms with Crippen LogP contribution < -0.4 is 16.4 Å². The van der Waals surface area contributed by atoms with Crippen molar-refractivity contribution in [3.63, 3.8) is 0 Å². The number of nitrogens with two attached hydrogens (primary N) is 1. The van der Waals surface area contributed by atoms with Gasteiger partial charge < -0.3 is 16.4 Å². The molecule has 0 aliphatic rings. The normalized spacial score (nSPS) is 11.4. The number of benzene rings is 2. The Balaban J connectivity index is 1.53. The van der Waals surface area contributed by atoms with E-state index in [1.165, 1.54) is 0 Å². The first-order chi connectivity index (χ1) is 14.3. The molecule has 9 heteroatoms. The lowest BCUT2D eigenvalue weighted by atomic mass is 9.94. The average molecular weight is 420 g/mol. The van der Waals surface area contributed by atoms with Gasteiger partial charge in [0, 0.05) is 11.3 Å². The lowest BCUT2D eigenvalue weighted by Crippen LogP contribution is -2.40. The highest BCUT2D eigenvalue weighted by Crippen LogP contribution is 2.27.